The molecular weight excluding hydrogens is 384 g/mol. The highest BCUT2D eigenvalue weighted by Gasteiger charge is 2.41. The molecule has 0 unspecified atom stereocenters. The van der Waals surface area contributed by atoms with Crippen LogP contribution in [0.4, 0.5) is 0 Å². The molecule has 30 heavy (non-hydrogen) atoms. The van der Waals surface area contributed by atoms with Crippen molar-refractivity contribution in [2.45, 2.75) is 38.3 Å². The standard InChI is InChI=1S/C23H22N2O5/c1-14(25-21(27)17-10-4-5-11-18(17)22(25)28)23(29)30-13-20(26)24-19-12-6-8-15-7-2-3-9-16(15)19/h2-5,7,9-11,14,19H,6,8,12-13H2,1H3,(H,24,26)/t14-,19+/m0/s1. The molecule has 0 aromatic heterocycles. The first-order valence-electron chi connectivity index (χ1n) is 9.98. The first-order valence-corrected chi connectivity index (χ1v) is 9.98. The molecule has 1 aliphatic carbocycles. The number of carbonyl (C=O) groups excluding carboxylic acids is 4. The Labute approximate surface area is 174 Å². The summed E-state index contributed by atoms with van der Waals surface area (Å²) >= 11 is 0. The van der Waals surface area contributed by atoms with Crippen molar-refractivity contribution < 1.29 is 23.9 Å². The van der Waals surface area contributed by atoms with E-state index in [9.17, 15) is 19.2 Å². The van der Waals surface area contributed by atoms with Crippen molar-refractivity contribution in [1.29, 1.82) is 0 Å². The molecule has 1 N–H and O–H groups in total. The minimum atomic E-state index is -1.12. The summed E-state index contributed by atoms with van der Waals surface area (Å²) in [5.74, 6) is -2.30. The van der Waals surface area contributed by atoms with Crippen LogP contribution in [0.15, 0.2) is 48.5 Å². The van der Waals surface area contributed by atoms with Crippen LogP contribution < -0.4 is 5.32 Å². The number of carbonyl (C=O) groups is 4. The molecule has 1 aliphatic heterocycles. The second-order valence-electron chi connectivity index (χ2n) is 7.52. The Hall–Kier alpha value is -3.48. The molecule has 154 valence electrons. The third-order valence-corrected chi connectivity index (χ3v) is 5.60. The summed E-state index contributed by atoms with van der Waals surface area (Å²) in [5, 5.41) is 2.91. The largest absolute Gasteiger partial charge is 0.454 e. The molecule has 4 rings (SSSR count). The van der Waals surface area contributed by atoms with Gasteiger partial charge in [-0.15, -0.1) is 0 Å². The second kappa shape index (κ2) is 8.10. The van der Waals surface area contributed by atoms with Crippen molar-refractivity contribution in [3.63, 3.8) is 0 Å². The van der Waals surface area contributed by atoms with Crippen LogP contribution in [0.25, 0.3) is 0 Å². The van der Waals surface area contributed by atoms with Crippen molar-refractivity contribution in [2.75, 3.05) is 6.61 Å². The maximum absolute atomic E-state index is 12.5. The van der Waals surface area contributed by atoms with Gasteiger partial charge in [-0.1, -0.05) is 36.4 Å². The monoisotopic (exact) mass is 406 g/mol. The predicted molar refractivity (Wildman–Crippen MR) is 108 cm³/mol. The van der Waals surface area contributed by atoms with Crippen LogP contribution in [0.3, 0.4) is 0 Å². The van der Waals surface area contributed by atoms with Crippen LogP contribution in [0.2, 0.25) is 0 Å². The molecule has 2 aromatic carbocycles. The number of rotatable bonds is 5. The normalized spacial score (nSPS) is 18.4. The van der Waals surface area contributed by atoms with Gasteiger partial charge in [0, 0.05) is 0 Å². The lowest BCUT2D eigenvalue weighted by Crippen LogP contribution is -2.44. The highest BCUT2D eigenvalue weighted by Crippen LogP contribution is 2.29. The molecule has 7 nitrogen and oxygen atoms in total. The van der Waals surface area contributed by atoms with Crippen molar-refractivity contribution in [3.8, 4) is 0 Å². The fraction of sp³-hybridized carbons (Fsp3) is 0.304. The Morgan fingerprint density at radius 2 is 1.70 bits per heavy atom. The number of benzene rings is 2. The van der Waals surface area contributed by atoms with Crippen LogP contribution in [0.1, 0.15) is 57.7 Å². The molecule has 7 heteroatoms. The number of nitrogens with zero attached hydrogens (tertiary/aromatic N) is 1. The van der Waals surface area contributed by atoms with E-state index in [0.29, 0.717) is 0 Å². The Balaban J connectivity index is 1.35. The Morgan fingerprint density at radius 3 is 2.40 bits per heavy atom. The highest BCUT2D eigenvalue weighted by atomic mass is 16.5. The van der Waals surface area contributed by atoms with Crippen LogP contribution >= 0.6 is 0 Å². The van der Waals surface area contributed by atoms with Gasteiger partial charge in [0.25, 0.3) is 17.7 Å². The number of nitrogens with one attached hydrogen (secondary N) is 1. The zero-order chi connectivity index (χ0) is 21.3. The number of esters is 1. The molecular formula is C23H22N2O5. The third kappa shape index (κ3) is 3.58. The highest BCUT2D eigenvalue weighted by molar-refractivity contribution is 6.22. The number of fused-ring (bicyclic) bond motifs is 2. The zero-order valence-electron chi connectivity index (χ0n) is 16.6. The van der Waals surface area contributed by atoms with Crippen molar-refractivity contribution in [3.05, 3.63) is 70.8 Å². The Bertz CT molecular complexity index is 997. The summed E-state index contributed by atoms with van der Waals surface area (Å²) in [6.07, 6.45) is 2.77. The van der Waals surface area contributed by atoms with Gasteiger partial charge in [-0.2, -0.15) is 0 Å². The van der Waals surface area contributed by atoms with E-state index in [1.54, 1.807) is 24.3 Å². The zero-order valence-corrected chi connectivity index (χ0v) is 16.6. The summed E-state index contributed by atoms with van der Waals surface area (Å²) in [5.41, 5.74) is 2.82. The summed E-state index contributed by atoms with van der Waals surface area (Å²) in [4.78, 5) is 50.6. The molecule has 2 atom stereocenters. The summed E-state index contributed by atoms with van der Waals surface area (Å²) < 4.78 is 5.11. The Kier molecular flexibility index (Phi) is 5.35. The maximum Gasteiger partial charge on any atom is 0.329 e. The fourth-order valence-corrected chi connectivity index (χ4v) is 4.06. The van der Waals surface area contributed by atoms with Gasteiger partial charge in [-0.05, 0) is 49.4 Å². The molecule has 2 aromatic rings. The molecule has 0 bridgehead atoms. The lowest BCUT2D eigenvalue weighted by molar-refractivity contribution is -0.152. The van der Waals surface area contributed by atoms with Gasteiger partial charge in [-0.3, -0.25) is 19.3 Å². The SMILES string of the molecule is C[C@@H](C(=O)OCC(=O)N[C@@H]1CCCc2ccccc21)N1C(=O)c2ccccc2C1=O. The summed E-state index contributed by atoms with van der Waals surface area (Å²) in [6, 6.07) is 13.1. The fourth-order valence-electron chi connectivity index (χ4n) is 4.06. The van der Waals surface area contributed by atoms with E-state index in [-0.39, 0.29) is 17.2 Å². The number of aryl methyl sites for hydroxylation is 1. The van der Waals surface area contributed by atoms with Gasteiger partial charge >= 0.3 is 5.97 Å². The summed E-state index contributed by atoms with van der Waals surface area (Å²) in [7, 11) is 0. The molecule has 2 aliphatic rings. The van der Waals surface area contributed by atoms with Gasteiger partial charge in [0.05, 0.1) is 17.2 Å². The lowest BCUT2D eigenvalue weighted by Gasteiger charge is -2.26. The minimum absolute atomic E-state index is 0.116. The number of imide groups is 1. The molecule has 1 heterocycles. The lowest BCUT2D eigenvalue weighted by atomic mass is 9.88. The average molecular weight is 406 g/mol. The van der Waals surface area contributed by atoms with Gasteiger partial charge < -0.3 is 10.1 Å². The molecule has 0 spiro atoms. The molecule has 3 amide bonds. The van der Waals surface area contributed by atoms with Gasteiger partial charge in [0.2, 0.25) is 0 Å². The number of amides is 3. The first kappa shape index (κ1) is 19.8. The van der Waals surface area contributed by atoms with Gasteiger partial charge in [0.1, 0.15) is 6.04 Å². The van der Waals surface area contributed by atoms with Crippen LogP contribution in [-0.2, 0) is 20.7 Å². The Morgan fingerprint density at radius 1 is 1.07 bits per heavy atom. The van der Waals surface area contributed by atoms with E-state index in [4.69, 9.17) is 4.74 Å². The molecule has 0 fully saturated rings. The topological polar surface area (TPSA) is 92.8 Å². The second-order valence-corrected chi connectivity index (χ2v) is 7.52. The minimum Gasteiger partial charge on any atom is -0.454 e. The van der Waals surface area contributed by atoms with E-state index in [2.05, 4.69) is 11.4 Å². The number of hydrogen-bond donors (Lipinski definition) is 1. The first-order chi connectivity index (χ1) is 14.5. The number of hydrogen-bond acceptors (Lipinski definition) is 5. The van der Waals surface area contributed by atoms with Gasteiger partial charge in [0.15, 0.2) is 6.61 Å². The van der Waals surface area contributed by atoms with Crippen LogP contribution in [0.5, 0.6) is 0 Å². The average Bonchev–Trinajstić information content (AvgIpc) is 3.02. The van der Waals surface area contributed by atoms with Crippen molar-refractivity contribution in [1.82, 2.24) is 10.2 Å². The molecule has 0 saturated heterocycles. The smallest absolute Gasteiger partial charge is 0.329 e. The van der Waals surface area contributed by atoms with Gasteiger partial charge in [-0.25, -0.2) is 4.79 Å². The third-order valence-electron chi connectivity index (χ3n) is 5.60. The van der Waals surface area contributed by atoms with Crippen molar-refractivity contribution in [2.24, 2.45) is 0 Å². The van der Waals surface area contributed by atoms with Crippen LogP contribution in [-0.4, -0.2) is 41.2 Å². The van der Waals surface area contributed by atoms with Crippen molar-refractivity contribution >= 4 is 23.7 Å². The van der Waals surface area contributed by atoms with E-state index in [1.807, 2.05) is 18.2 Å². The molecule has 0 radical (unpaired) electrons. The van der Waals surface area contributed by atoms with E-state index in [1.165, 1.54) is 12.5 Å². The maximum atomic E-state index is 12.5. The molecule has 0 saturated carbocycles. The quantitative estimate of drug-likeness (QED) is 0.608. The number of ether oxygens (including phenoxy) is 1. The van der Waals surface area contributed by atoms with E-state index in [0.717, 1.165) is 29.7 Å². The summed E-state index contributed by atoms with van der Waals surface area (Å²) in [6.45, 7) is 0.949. The van der Waals surface area contributed by atoms with Crippen LogP contribution in [0, 0.1) is 0 Å². The predicted octanol–water partition coefficient (Wildman–Crippen LogP) is 2.41. The van der Waals surface area contributed by atoms with E-state index >= 15 is 0 Å². The van der Waals surface area contributed by atoms with E-state index < -0.39 is 36.3 Å².